The fraction of sp³-hybridized carbons (Fsp3) is 0.278. The van der Waals surface area contributed by atoms with E-state index < -0.39 is 0 Å². The highest BCUT2D eigenvalue weighted by Gasteiger charge is 2.09. The number of nitrogens with zero attached hydrogens (tertiary/aromatic N) is 4. The molecule has 2 aromatic carbocycles. The molecule has 0 saturated carbocycles. The molecule has 0 amide bonds. The number of phenols is 1. The first-order valence-corrected chi connectivity index (χ1v) is 9.31. The Morgan fingerprint density at radius 2 is 1.62 bits per heavy atom. The number of ether oxygens (including phenoxy) is 2. The van der Waals surface area contributed by atoms with Gasteiger partial charge in [0, 0.05) is 5.75 Å². The Balaban J connectivity index is 1.48. The van der Waals surface area contributed by atoms with E-state index in [-0.39, 0.29) is 5.75 Å². The molecule has 1 N–H and O–H groups in total. The summed E-state index contributed by atoms with van der Waals surface area (Å²) in [6.07, 6.45) is 0.985. The number of benzene rings is 2. The highest BCUT2D eigenvalue weighted by atomic mass is 32.2. The van der Waals surface area contributed by atoms with Crippen LogP contribution in [-0.4, -0.2) is 44.3 Å². The first kappa shape index (κ1) is 18.1. The first-order chi connectivity index (χ1) is 12.8. The van der Waals surface area contributed by atoms with Gasteiger partial charge in [0.1, 0.15) is 17.2 Å². The van der Waals surface area contributed by atoms with E-state index in [1.54, 1.807) is 28.9 Å². The maximum Gasteiger partial charge on any atom is 0.214 e. The van der Waals surface area contributed by atoms with Crippen LogP contribution in [0.15, 0.2) is 53.7 Å². The van der Waals surface area contributed by atoms with Crippen molar-refractivity contribution in [2.24, 2.45) is 0 Å². The number of aromatic hydroxyl groups is 1. The highest BCUT2D eigenvalue weighted by molar-refractivity contribution is 7.99. The van der Waals surface area contributed by atoms with Gasteiger partial charge in [-0.2, -0.15) is 4.68 Å². The summed E-state index contributed by atoms with van der Waals surface area (Å²) in [6.45, 7) is 3.32. The molecule has 0 aliphatic carbocycles. The van der Waals surface area contributed by atoms with Gasteiger partial charge in [0.2, 0.25) is 5.16 Å². The fourth-order valence-corrected chi connectivity index (χ4v) is 2.88. The third-order valence-corrected chi connectivity index (χ3v) is 4.30. The lowest BCUT2D eigenvalue weighted by atomic mass is 10.3. The lowest BCUT2D eigenvalue weighted by molar-refractivity contribution is 0.314. The van der Waals surface area contributed by atoms with Crippen molar-refractivity contribution in [2.45, 2.75) is 18.5 Å². The molecule has 0 saturated heterocycles. The van der Waals surface area contributed by atoms with E-state index in [0.717, 1.165) is 23.6 Å². The molecule has 0 radical (unpaired) electrons. The first-order valence-electron chi connectivity index (χ1n) is 8.32. The van der Waals surface area contributed by atoms with Gasteiger partial charge in [-0.25, -0.2) is 0 Å². The zero-order valence-corrected chi connectivity index (χ0v) is 15.2. The van der Waals surface area contributed by atoms with Gasteiger partial charge in [-0.05, 0) is 65.4 Å². The summed E-state index contributed by atoms with van der Waals surface area (Å²) in [6, 6.07) is 14.3. The van der Waals surface area contributed by atoms with Crippen molar-refractivity contribution in [1.29, 1.82) is 0 Å². The number of phenolic OH excluding ortho intramolecular Hbond substituents is 1. The number of thioether (sulfide) groups is 1. The van der Waals surface area contributed by atoms with Crippen LogP contribution in [0.5, 0.6) is 17.2 Å². The standard InChI is InChI=1S/C18H20N4O3S/c1-2-11-24-16-7-9-17(10-8-16)25-12-13-26-18-19-20-21-22(18)14-3-5-15(23)6-4-14/h3-10,23H,2,11-13H2,1H3. The lowest BCUT2D eigenvalue weighted by Crippen LogP contribution is -2.03. The Morgan fingerprint density at radius 3 is 2.27 bits per heavy atom. The number of hydrogen-bond donors (Lipinski definition) is 1. The van der Waals surface area contributed by atoms with Crippen LogP contribution in [-0.2, 0) is 0 Å². The van der Waals surface area contributed by atoms with E-state index in [1.807, 2.05) is 24.3 Å². The van der Waals surface area contributed by atoms with Crippen LogP contribution >= 0.6 is 11.8 Å². The van der Waals surface area contributed by atoms with E-state index in [2.05, 4.69) is 22.4 Å². The molecule has 26 heavy (non-hydrogen) atoms. The van der Waals surface area contributed by atoms with Crippen molar-refractivity contribution in [1.82, 2.24) is 20.2 Å². The third-order valence-electron chi connectivity index (χ3n) is 3.41. The summed E-state index contributed by atoms with van der Waals surface area (Å²) in [5.74, 6) is 2.55. The second-order valence-electron chi connectivity index (χ2n) is 5.41. The average Bonchev–Trinajstić information content (AvgIpc) is 3.13. The zero-order valence-electron chi connectivity index (χ0n) is 14.4. The van der Waals surface area contributed by atoms with E-state index in [4.69, 9.17) is 9.47 Å². The SMILES string of the molecule is CCCOc1ccc(OCCSc2nnnn2-c2ccc(O)cc2)cc1. The van der Waals surface area contributed by atoms with Crippen LogP contribution < -0.4 is 9.47 Å². The number of hydrogen-bond acceptors (Lipinski definition) is 7. The third kappa shape index (κ3) is 4.89. The van der Waals surface area contributed by atoms with Crippen LogP contribution in [0.1, 0.15) is 13.3 Å². The Labute approximate surface area is 155 Å². The van der Waals surface area contributed by atoms with E-state index in [1.165, 1.54) is 11.8 Å². The van der Waals surface area contributed by atoms with Crippen molar-refractivity contribution in [3.05, 3.63) is 48.5 Å². The number of rotatable bonds is 9. The fourth-order valence-electron chi connectivity index (χ4n) is 2.17. The minimum atomic E-state index is 0.204. The quantitative estimate of drug-likeness (QED) is 0.456. The lowest BCUT2D eigenvalue weighted by Gasteiger charge is -2.08. The molecule has 0 atom stereocenters. The smallest absolute Gasteiger partial charge is 0.214 e. The topological polar surface area (TPSA) is 82.3 Å². The number of tetrazole rings is 1. The summed E-state index contributed by atoms with van der Waals surface area (Å²) in [5, 5.41) is 21.8. The summed E-state index contributed by atoms with van der Waals surface area (Å²) in [7, 11) is 0. The van der Waals surface area contributed by atoms with Crippen LogP contribution in [0.3, 0.4) is 0 Å². The average molecular weight is 372 g/mol. The van der Waals surface area contributed by atoms with Gasteiger partial charge in [0.05, 0.1) is 18.9 Å². The largest absolute Gasteiger partial charge is 0.508 e. The molecular weight excluding hydrogens is 352 g/mol. The molecular formula is C18H20N4O3S. The van der Waals surface area contributed by atoms with Gasteiger partial charge in [0.15, 0.2) is 0 Å². The van der Waals surface area contributed by atoms with Crippen LogP contribution in [0.25, 0.3) is 5.69 Å². The Hall–Kier alpha value is -2.74. The Morgan fingerprint density at radius 1 is 0.962 bits per heavy atom. The normalized spacial score (nSPS) is 10.7. The molecule has 3 rings (SSSR count). The van der Waals surface area contributed by atoms with E-state index in [9.17, 15) is 5.11 Å². The van der Waals surface area contributed by atoms with Crippen LogP contribution in [0.4, 0.5) is 0 Å². The Bertz CT molecular complexity index is 806. The molecule has 0 fully saturated rings. The Kier molecular flexibility index (Phi) is 6.32. The molecule has 136 valence electrons. The van der Waals surface area contributed by atoms with Crippen LogP contribution in [0, 0.1) is 0 Å². The molecule has 8 heteroatoms. The van der Waals surface area contributed by atoms with Crippen molar-refractivity contribution in [2.75, 3.05) is 19.0 Å². The molecule has 1 aromatic heterocycles. The minimum Gasteiger partial charge on any atom is -0.508 e. The van der Waals surface area contributed by atoms with Crippen molar-refractivity contribution >= 4 is 11.8 Å². The van der Waals surface area contributed by atoms with Crippen LogP contribution in [0.2, 0.25) is 0 Å². The van der Waals surface area contributed by atoms with Crippen molar-refractivity contribution in [3.8, 4) is 22.9 Å². The van der Waals surface area contributed by atoms with Gasteiger partial charge in [-0.15, -0.1) is 5.10 Å². The molecule has 0 unspecified atom stereocenters. The summed E-state index contributed by atoms with van der Waals surface area (Å²) >= 11 is 1.50. The molecule has 0 aliphatic heterocycles. The van der Waals surface area contributed by atoms with Gasteiger partial charge in [-0.1, -0.05) is 18.7 Å². The van der Waals surface area contributed by atoms with Gasteiger partial charge >= 0.3 is 0 Å². The summed E-state index contributed by atoms with van der Waals surface area (Å²) in [4.78, 5) is 0. The second-order valence-corrected chi connectivity index (χ2v) is 6.47. The van der Waals surface area contributed by atoms with Gasteiger partial charge in [0.25, 0.3) is 0 Å². The molecule has 0 spiro atoms. The minimum absolute atomic E-state index is 0.204. The molecule has 7 nitrogen and oxygen atoms in total. The maximum absolute atomic E-state index is 9.37. The van der Waals surface area contributed by atoms with Gasteiger partial charge in [-0.3, -0.25) is 0 Å². The molecule has 0 aliphatic rings. The monoisotopic (exact) mass is 372 g/mol. The number of aromatic nitrogens is 4. The van der Waals surface area contributed by atoms with Crippen molar-refractivity contribution in [3.63, 3.8) is 0 Å². The second kappa shape index (κ2) is 9.10. The zero-order chi connectivity index (χ0) is 18.2. The molecule has 0 bridgehead atoms. The van der Waals surface area contributed by atoms with Gasteiger partial charge < -0.3 is 14.6 Å². The summed E-state index contributed by atoms with van der Waals surface area (Å²) in [5.41, 5.74) is 0.791. The maximum atomic E-state index is 9.37. The highest BCUT2D eigenvalue weighted by Crippen LogP contribution is 2.21. The predicted octanol–water partition coefficient (Wildman–Crippen LogP) is 3.33. The molecule has 3 aromatic rings. The van der Waals surface area contributed by atoms with E-state index >= 15 is 0 Å². The predicted molar refractivity (Wildman–Crippen MR) is 99.3 cm³/mol. The van der Waals surface area contributed by atoms with E-state index in [0.29, 0.717) is 24.1 Å². The van der Waals surface area contributed by atoms with Crippen molar-refractivity contribution < 1.29 is 14.6 Å². The summed E-state index contributed by atoms with van der Waals surface area (Å²) < 4.78 is 12.9. The molecule has 1 heterocycles.